The number of rotatable bonds is 4. The van der Waals surface area contributed by atoms with E-state index in [2.05, 4.69) is 33.2 Å². The molecule has 0 aromatic carbocycles. The lowest BCUT2D eigenvalue weighted by molar-refractivity contribution is 0.405. The number of hydrogen-bond donors (Lipinski definition) is 1. The van der Waals surface area contributed by atoms with Crippen molar-refractivity contribution in [2.24, 2.45) is 5.92 Å². The molecule has 0 bridgehead atoms. The van der Waals surface area contributed by atoms with Gasteiger partial charge in [-0.05, 0) is 48.2 Å². The normalized spacial score (nSPS) is 24.0. The SMILES string of the molecule is CCNc1ncc(Br)cc1S(=O)(=O)N1CC(C)CC1C. The van der Waals surface area contributed by atoms with Crippen LogP contribution in [0.5, 0.6) is 0 Å². The molecular weight excluding hydrogens is 342 g/mol. The van der Waals surface area contributed by atoms with Crippen molar-refractivity contribution >= 4 is 31.8 Å². The highest BCUT2D eigenvalue weighted by Gasteiger charge is 2.37. The van der Waals surface area contributed by atoms with Gasteiger partial charge in [0.2, 0.25) is 10.0 Å². The molecule has 1 saturated heterocycles. The van der Waals surface area contributed by atoms with Crippen LogP contribution in [0.3, 0.4) is 0 Å². The predicted octanol–water partition coefficient (Wildman–Crippen LogP) is 2.69. The highest BCUT2D eigenvalue weighted by Crippen LogP contribution is 2.32. The summed E-state index contributed by atoms with van der Waals surface area (Å²) in [5.41, 5.74) is 0. The smallest absolute Gasteiger partial charge is 0.247 e. The average Bonchev–Trinajstić information content (AvgIpc) is 2.71. The van der Waals surface area contributed by atoms with Crippen LogP contribution >= 0.6 is 15.9 Å². The molecule has 2 rings (SSSR count). The van der Waals surface area contributed by atoms with Crippen LogP contribution in [0, 0.1) is 5.92 Å². The number of halogens is 1. The van der Waals surface area contributed by atoms with E-state index in [9.17, 15) is 8.42 Å². The van der Waals surface area contributed by atoms with Gasteiger partial charge in [0.15, 0.2) is 0 Å². The minimum atomic E-state index is -3.52. The third kappa shape index (κ3) is 2.99. The summed E-state index contributed by atoms with van der Waals surface area (Å²) in [5.74, 6) is 0.810. The maximum atomic E-state index is 12.9. The number of nitrogens with one attached hydrogen (secondary N) is 1. The molecule has 0 spiro atoms. The molecule has 20 heavy (non-hydrogen) atoms. The Kier molecular flexibility index (Phi) is 4.71. The third-order valence-electron chi connectivity index (χ3n) is 3.48. The van der Waals surface area contributed by atoms with E-state index in [1.54, 1.807) is 16.6 Å². The number of anilines is 1. The molecule has 0 radical (unpaired) electrons. The van der Waals surface area contributed by atoms with Crippen molar-refractivity contribution in [3.8, 4) is 0 Å². The first-order chi connectivity index (χ1) is 9.36. The summed E-state index contributed by atoms with van der Waals surface area (Å²) in [6, 6.07) is 1.65. The van der Waals surface area contributed by atoms with Crippen LogP contribution in [0.4, 0.5) is 5.82 Å². The van der Waals surface area contributed by atoms with Crippen LogP contribution < -0.4 is 5.32 Å². The zero-order valence-electron chi connectivity index (χ0n) is 11.9. The van der Waals surface area contributed by atoms with Crippen LogP contribution in [0.15, 0.2) is 21.6 Å². The van der Waals surface area contributed by atoms with Gasteiger partial charge in [0.05, 0.1) is 0 Å². The third-order valence-corrected chi connectivity index (χ3v) is 5.90. The highest BCUT2D eigenvalue weighted by atomic mass is 79.9. The molecule has 2 unspecified atom stereocenters. The molecule has 1 aromatic heterocycles. The largest absolute Gasteiger partial charge is 0.369 e. The van der Waals surface area contributed by atoms with Gasteiger partial charge >= 0.3 is 0 Å². The molecule has 1 N–H and O–H groups in total. The fraction of sp³-hybridized carbons (Fsp3) is 0.615. The minimum Gasteiger partial charge on any atom is -0.369 e. The van der Waals surface area contributed by atoms with Gasteiger partial charge in [0, 0.05) is 29.8 Å². The monoisotopic (exact) mass is 361 g/mol. The molecule has 112 valence electrons. The van der Waals surface area contributed by atoms with Gasteiger partial charge < -0.3 is 5.32 Å². The molecule has 0 saturated carbocycles. The molecule has 1 aliphatic rings. The van der Waals surface area contributed by atoms with Gasteiger partial charge in [0.1, 0.15) is 10.7 Å². The Hall–Kier alpha value is -0.660. The Morgan fingerprint density at radius 1 is 1.50 bits per heavy atom. The number of aromatic nitrogens is 1. The fourth-order valence-corrected chi connectivity index (χ4v) is 5.03. The summed E-state index contributed by atoms with van der Waals surface area (Å²) in [4.78, 5) is 4.43. The van der Waals surface area contributed by atoms with Crippen molar-refractivity contribution in [2.75, 3.05) is 18.4 Å². The summed E-state index contributed by atoms with van der Waals surface area (Å²) < 4.78 is 28.0. The molecule has 1 fully saturated rings. The molecule has 1 aromatic rings. The zero-order valence-corrected chi connectivity index (χ0v) is 14.3. The minimum absolute atomic E-state index is 0.0310. The van der Waals surface area contributed by atoms with E-state index in [0.29, 0.717) is 29.3 Å². The van der Waals surface area contributed by atoms with Crippen LogP contribution in [0.25, 0.3) is 0 Å². The van der Waals surface area contributed by atoms with Crippen LogP contribution in [0.2, 0.25) is 0 Å². The van der Waals surface area contributed by atoms with Gasteiger partial charge in [0.25, 0.3) is 0 Å². The molecule has 0 aliphatic carbocycles. The van der Waals surface area contributed by atoms with Crippen LogP contribution in [-0.2, 0) is 10.0 Å². The lowest BCUT2D eigenvalue weighted by Gasteiger charge is -2.22. The maximum absolute atomic E-state index is 12.9. The van der Waals surface area contributed by atoms with Crippen molar-refractivity contribution in [1.82, 2.24) is 9.29 Å². The number of sulfonamides is 1. The van der Waals surface area contributed by atoms with E-state index in [4.69, 9.17) is 0 Å². The lowest BCUT2D eigenvalue weighted by atomic mass is 10.1. The maximum Gasteiger partial charge on any atom is 0.247 e. The quantitative estimate of drug-likeness (QED) is 0.895. The van der Waals surface area contributed by atoms with Crippen molar-refractivity contribution in [2.45, 2.75) is 38.1 Å². The summed E-state index contributed by atoms with van der Waals surface area (Å²) in [5, 5.41) is 3.02. The van der Waals surface area contributed by atoms with Crippen molar-refractivity contribution in [3.63, 3.8) is 0 Å². The highest BCUT2D eigenvalue weighted by molar-refractivity contribution is 9.10. The van der Waals surface area contributed by atoms with Gasteiger partial charge in [-0.2, -0.15) is 4.31 Å². The summed E-state index contributed by atoms with van der Waals surface area (Å²) in [6.07, 6.45) is 2.50. The molecule has 2 atom stereocenters. The van der Waals surface area contributed by atoms with E-state index in [1.807, 2.05) is 13.8 Å². The van der Waals surface area contributed by atoms with Gasteiger partial charge in [-0.1, -0.05) is 6.92 Å². The first-order valence-corrected chi connectivity index (χ1v) is 9.00. The fourth-order valence-electron chi connectivity index (χ4n) is 2.64. The van der Waals surface area contributed by atoms with E-state index < -0.39 is 10.0 Å². The van der Waals surface area contributed by atoms with Crippen LogP contribution in [0.1, 0.15) is 27.2 Å². The Morgan fingerprint density at radius 2 is 2.20 bits per heavy atom. The molecule has 1 aliphatic heterocycles. The molecule has 7 heteroatoms. The molecular formula is C13H20BrN3O2S. The van der Waals surface area contributed by atoms with Crippen LogP contribution in [-0.4, -0.2) is 36.8 Å². The Balaban J connectivity index is 2.46. The van der Waals surface area contributed by atoms with E-state index in [-0.39, 0.29) is 10.9 Å². The standard InChI is InChI=1S/C13H20BrN3O2S/c1-4-15-13-12(6-11(14)7-16-13)20(18,19)17-8-9(2)5-10(17)3/h6-7,9-10H,4-5,8H2,1-3H3,(H,15,16). The molecule has 5 nitrogen and oxygen atoms in total. The summed E-state index contributed by atoms with van der Waals surface area (Å²) in [6.45, 7) is 7.15. The number of hydrogen-bond acceptors (Lipinski definition) is 4. The topological polar surface area (TPSA) is 62.3 Å². The van der Waals surface area contributed by atoms with E-state index in [1.165, 1.54) is 0 Å². The van der Waals surface area contributed by atoms with E-state index >= 15 is 0 Å². The van der Waals surface area contributed by atoms with Gasteiger partial charge in [-0.3, -0.25) is 0 Å². The first kappa shape index (κ1) is 15.7. The van der Waals surface area contributed by atoms with Crippen molar-refractivity contribution < 1.29 is 8.42 Å². The zero-order chi connectivity index (χ0) is 14.9. The van der Waals surface area contributed by atoms with Gasteiger partial charge in [-0.25, -0.2) is 13.4 Å². The average molecular weight is 362 g/mol. The number of nitrogens with zero attached hydrogens (tertiary/aromatic N) is 2. The van der Waals surface area contributed by atoms with Gasteiger partial charge in [-0.15, -0.1) is 0 Å². The Labute approximate surface area is 129 Å². The lowest BCUT2D eigenvalue weighted by Crippen LogP contribution is -2.34. The first-order valence-electron chi connectivity index (χ1n) is 6.77. The second-order valence-corrected chi connectivity index (χ2v) is 8.07. The molecule has 0 amide bonds. The second-order valence-electron chi connectivity index (χ2n) is 5.30. The van der Waals surface area contributed by atoms with Crippen molar-refractivity contribution in [1.29, 1.82) is 0 Å². The van der Waals surface area contributed by atoms with Crippen molar-refractivity contribution in [3.05, 3.63) is 16.7 Å². The number of pyridine rings is 1. The Bertz CT molecular complexity index is 591. The Morgan fingerprint density at radius 3 is 2.75 bits per heavy atom. The van der Waals surface area contributed by atoms with E-state index in [0.717, 1.165) is 6.42 Å². The summed E-state index contributed by atoms with van der Waals surface area (Å²) >= 11 is 3.30. The predicted molar refractivity (Wildman–Crippen MR) is 83.2 cm³/mol. The summed E-state index contributed by atoms with van der Waals surface area (Å²) in [7, 11) is -3.52. The second kappa shape index (κ2) is 5.99. The molecule has 2 heterocycles.